The van der Waals surface area contributed by atoms with Gasteiger partial charge >= 0.3 is 0 Å². The summed E-state index contributed by atoms with van der Waals surface area (Å²) in [4.78, 5) is 20.8. The lowest BCUT2D eigenvalue weighted by atomic mass is 9.97. The Morgan fingerprint density at radius 1 is 1.03 bits per heavy atom. The molecule has 0 aliphatic carbocycles. The molecule has 144 valence electrons. The van der Waals surface area contributed by atoms with Crippen molar-refractivity contribution in [1.82, 2.24) is 9.97 Å². The molecule has 5 nitrogen and oxygen atoms in total. The van der Waals surface area contributed by atoms with Crippen LogP contribution in [0.2, 0.25) is 0 Å². The highest BCUT2D eigenvalue weighted by molar-refractivity contribution is 6.05. The van der Waals surface area contributed by atoms with Crippen LogP contribution in [0.25, 0.3) is 22.0 Å². The second kappa shape index (κ2) is 7.27. The summed E-state index contributed by atoms with van der Waals surface area (Å²) in [5.41, 5.74) is 9.29. The number of hydrogen-bond acceptors (Lipinski definition) is 4. The fourth-order valence-electron chi connectivity index (χ4n) is 3.07. The van der Waals surface area contributed by atoms with Crippen LogP contribution in [0.3, 0.4) is 0 Å². The molecular formula is C22H16F2N4O. The quantitative estimate of drug-likeness (QED) is 0.530. The summed E-state index contributed by atoms with van der Waals surface area (Å²) < 4.78 is 26.9. The first-order valence-electron chi connectivity index (χ1n) is 8.80. The predicted octanol–water partition coefficient (Wildman–Crippen LogP) is 4.72. The first-order chi connectivity index (χ1) is 13.9. The minimum absolute atomic E-state index is 0.0843. The monoisotopic (exact) mass is 390 g/mol. The van der Waals surface area contributed by atoms with Crippen molar-refractivity contribution in [3.05, 3.63) is 83.6 Å². The van der Waals surface area contributed by atoms with Gasteiger partial charge in [-0.3, -0.25) is 4.79 Å². The maximum Gasteiger partial charge on any atom is 0.255 e. The van der Waals surface area contributed by atoms with Gasteiger partial charge in [-0.05, 0) is 60.0 Å². The van der Waals surface area contributed by atoms with Gasteiger partial charge in [-0.15, -0.1) is 0 Å². The molecule has 1 heterocycles. The number of carbonyl (C=O) groups excluding carboxylic acids is 1. The Balaban J connectivity index is 1.68. The molecule has 0 aliphatic heterocycles. The van der Waals surface area contributed by atoms with Crippen LogP contribution in [0.15, 0.2) is 60.8 Å². The van der Waals surface area contributed by atoms with E-state index in [1.807, 2.05) is 31.2 Å². The number of anilines is 2. The van der Waals surface area contributed by atoms with Gasteiger partial charge in [-0.25, -0.2) is 18.7 Å². The zero-order valence-corrected chi connectivity index (χ0v) is 15.4. The van der Waals surface area contributed by atoms with Gasteiger partial charge in [0.05, 0.1) is 11.2 Å². The Kier molecular flexibility index (Phi) is 4.64. The number of halogens is 2. The van der Waals surface area contributed by atoms with Crippen LogP contribution >= 0.6 is 0 Å². The van der Waals surface area contributed by atoms with Gasteiger partial charge in [0.15, 0.2) is 0 Å². The number of fused-ring (bicyclic) bond motifs is 1. The van der Waals surface area contributed by atoms with Gasteiger partial charge < -0.3 is 11.1 Å². The molecule has 0 unspecified atom stereocenters. The Morgan fingerprint density at radius 2 is 1.86 bits per heavy atom. The van der Waals surface area contributed by atoms with Gasteiger partial charge in [0.2, 0.25) is 5.95 Å². The second-order valence-corrected chi connectivity index (χ2v) is 6.61. The van der Waals surface area contributed by atoms with E-state index < -0.39 is 17.5 Å². The third-order valence-corrected chi connectivity index (χ3v) is 4.59. The second-order valence-electron chi connectivity index (χ2n) is 6.61. The molecule has 1 aromatic heterocycles. The topological polar surface area (TPSA) is 80.9 Å². The van der Waals surface area contributed by atoms with E-state index in [9.17, 15) is 13.6 Å². The number of nitrogens with two attached hydrogens (primary N) is 1. The summed E-state index contributed by atoms with van der Waals surface area (Å²) >= 11 is 0. The van der Waals surface area contributed by atoms with Crippen LogP contribution in [0, 0.1) is 18.6 Å². The van der Waals surface area contributed by atoms with Gasteiger partial charge in [-0.2, -0.15) is 0 Å². The number of aromatic nitrogens is 2. The Hall–Kier alpha value is -3.87. The number of amides is 1. The molecule has 0 atom stereocenters. The molecule has 7 heteroatoms. The average molecular weight is 390 g/mol. The number of carbonyl (C=O) groups is 1. The molecular weight excluding hydrogens is 374 g/mol. The fraction of sp³-hybridized carbons (Fsp3) is 0.0455. The number of nitrogens with one attached hydrogen (secondary N) is 1. The van der Waals surface area contributed by atoms with E-state index in [-0.39, 0.29) is 11.6 Å². The Morgan fingerprint density at radius 3 is 2.66 bits per heavy atom. The van der Waals surface area contributed by atoms with Crippen molar-refractivity contribution >= 4 is 28.4 Å². The van der Waals surface area contributed by atoms with E-state index in [4.69, 9.17) is 5.73 Å². The molecule has 0 spiro atoms. The van der Waals surface area contributed by atoms with Crippen LogP contribution < -0.4 is 11.1 Å². The van der Waals surface area contributed by atoms with Crippen molar-refractivity contribution in [2.75, 3.05) is 11.1 Å². The van der Waals surface area contributed by atoms with Gasteiger partial charge in [0.1, 0.15) is 11.6 Å². The van der Waals surface area contributed by atoms with Crippen molar-refractivity contribution < 1.29 is 13.6 Å². The summed E-state index contributed by atoms with van der Waals surface area (Å²) in [6, 6.07) is 13.8. The number of benzene rings is 3. The van der Waals surface area contributed by atoms with Crippen molar-refractivity contribution in [3.8, 4) is 11.1 Å². The van der Waals surface area contributed by atoms with Crippen LogP contribution in [0.1, 0.15) is 15.9 Å². The molecule has 3 aromatic carbocycles. The van der Waals surface area contributed by atoms with E-state index in [0.29, 0.717) is 5.56 Å². The van der Waals surface area contributed by atoms with Crippen LogP contribution in [0.4, 0.5) is 20.4 Å². The van der Waals surface area contributed by atoms with Crippen LogP contribution in [-0.2, 0) is 0 Å². The van der Waals surface area contributed by atoms with E-state index >= 15 is 0 Å². The molecule has 29 heavy (non-hydrogen) atoms. The van der Waals surface area contributed by atoms with Gasteiger partial charge in [-0.1, -0.05) is 12.1 Å². The van der Waals surface area contributed by atoms with Crippen molar-refractivity contribution in [3.63, 3.8) is 0 Å². The Labute approximate surface area is 165 Å². The van der Waals surface area contributed by atoms with Crippen molar-refractivity contribution in [2.24, 2.45) is 0 Å². The third kappa shape index (κ3) is 3.75. The van der Waals surface area contributed by atoms with Crippen LogP contribution in [0.5, 0.6) is 0 Å². The zero-order chi connectivity index (χ0) is 20.5. The fourth-order valence-corrected chi connectivity index (χ4v) is 3.07. The SMILES string of the molecule is Cc1ccc(C(=O)Nc2ccc(F)cc2F)cc1-c1ccc2nc(N)ncc2c1. The number of nitrogens with zero attached hydrogens (tertiary/aromatic N) is 2. The molecule has 3 N–H and O–H groups in total. The molecule has 0 bridgehead atoms. The lowest BCUT2D eigenvalue weighted by Gasteiger charge is -2.11. The largest absolute Gasteiger partial charge is 0.368 e. The van der Waals surface area contributed by atoms with E-state index in [0.717, 1.165) is 39.7 Å². The number of nitrogen functional groups attached to an aromatic ring is 1. The smallest absolute Gasteiger partial charge is 0.255 e. The number of hydrogen-bond donors (Lipinski definition) is 2. The van der Waals surface area contributed by atoms with E-state index in [2.05, 4.69) is 15.3 Å². The maximum absolute atomic E-state index is 13.8. The standard InChI is InChI=1S/C22H16F2N4O/c1-12-2-3-14(21(29)27-20-7-5-16(23)10-18(20)24)9-17(12)13-4-6-19-15(8-13)11-26-22(25)28-19/h2-11H,1H3,(H,27,29)(H2,25,26,28). The molecule has 0 fully saturated rings. The molecule has 0 saturated heterocycles. The highest BCUT2D eigenvalue weighted by Gasteiger charge is 2.13. The minimum Gasteiger partial charge on any atom is -0.368 e. The molecule has 0 aliphatic rings. The first-order valence-corrected chi connectivity index (χ1v) is 8.80. The molecule has 4 aromatic rings. The van der Waals surface area contributed by atoms with Gasteiger partial charge in [0.25, 0.3) is 5.91 Å². The third-order valence-electron chi connectivity index (χ3n) is 4.59. The van der Waals surface area contributed by atoms with Crippen molar-refractivity contribution in [2.45, 2.75) is 6.92 Å². The average Bonchev–Trinajstić information content (AvgIpc) is 2.70. The van der Waals surface area contributed by atoms with Gasteiger partial charge in [0, 0.05) is 23.2 Å². The lowest BCUT2D eigenvalue weighted by Crippen LogP contribution is -2.13. The predicted molar refractivity (Wildman–Crippen MR) is 108 cm³/mol. The molecule has 1 amide bonds. The molecule has 4 rings (SSSR count). The normalized spacial score (nSPS) is 10.9. The summed E-state index contributed by atoms with van der Waals surface area (Å²) in [6.07, 6.45) is 1.64. The van der Waals surface area contributed by atoms with Crippen LogP contribution in [-0.4, -0.2) is 15.9 Å². The molecule has 0 radical (unpaired) electrons. The maximum atomic E-state index is 13.8. The highest BCUT2D eigenvalue weighted by atomic mass is 19.1. The summed E-state index contributed by atoms with van der Waals surface area (Å²) in [5.74, 6) is -1.83. The number of aryl methyl sites for hydroxylation is 1. The Bertz CT molecular complexity index is 1260. The molecule has 0 saturated carbocycles. The summed E-state index contributed by atoms with van der Waals surface area (Å²) in [5, 5.41) is 3.29. The number of rotatable bonds is 3. The first kappa shape index (κ1) is 18.5. The van der Waals surface area contributed by atoms with E-state index in [1.165, 1.54) is 6.07 Å². The minimum atomic E-state index is -0.834. The lowest BCUT2D eigenvalue weighted by molar-refractivity contribution is 0.102. The highest BCUT2D eigenvalue weighted by Crippen LogP contribution is 2.28. The van der Waals surface area contributed by atoms with E-state index in [1.54, 1.807) is 18.3 Å². The van der Waals surface area contributed by atoms with Crippen molar-refractivity contribution in [1.29, 1.82) is 0 Å². The summed E-state index contributed by atoms with van der Waals surface area (Å²) in [6.45, 7) is 1.93. The summed E-state index contributed by atoms with van der Waals surface area (Å²) in [7, 11) is 0. The zero-order valence-electron chi connectivity index (χ0n) is 15.4.